The number of fused-ring (bicyclic) bond motifs is 4. The number of nitrogens with zero attached hydrogens (tertiary/aromatic N) is 5. The minimum Gasteiger partial charge on any atom is -0.508 e. The average Bonchev–Trinajstić information content (AvgIpc) is 3.53. The lowest BCUT2D eigenvalue weighted by atomic mass is 9.56. The number of nitro benzene ring substituents is 2. The van der Waals surface area contributed by atoms with Crippen LogP contribution in [-0.2, 0) is 19.2 Å². The Kier molecular flexibility index (Phi) is 9.58. The van der Waals surface area contributed by atoms with Gasteiger partial charge in [0.15, 0.2) is 38.7 Å². The molecule has 2 saturated heterocycles. The molecule has 310 valence electrons. The molecule has 1 saturated carbocycles. The number of ether oxygens (including phenoxy) is 2. The molecule has 6 atom stereocenters. The van der Waals surface area contributed by atoms with Crippen molar-refractivity contribution in [3.63, 3.8) is 0 Å². The van der Waals surface area contributed by atoms with Crippen LogP contribution in [0.15, 0.2) is 35.9 Å². The molecule has 4 aliphatic rings. The Morgan fingerprint density at radius 2 is 1.31 bits per heavy atom. The lowest BCUT2D eigenvalue weighted by Gasteiger charge is -2.51. The van der Waals surface area contributed by atoms with Gasteiger partial charge in [0.25, 0.3) is 11.8 Å². The first-order chi connectivity index (χ1) is 27.6. The lowest BCUT2D eigenvalue weighted by Crippen LogP contribution is -2.60. The van der Waals surface area contributed by atoms with Gasteiger partial charge in [0, 0.05) is 49.8 Å². The highest BCUT2D eigenvalue weighted by Gasteiger charge is 2.77. The molecular weight excluding hydrogens is 844 g/mol. The SMILES string of the molecule is COc1cc(O)cc(OC)c1[C@H]1C2=CC[C@@H]3C(=O)N(c4cc([N+](=O)[O-])c(N(C)C)c([N+](=O)[O-])c4)C(=O)[C@@H]3[C@@H]2C[C@@]2(Cl)C(=O)N(c3c(F)c(F)c(F)c(F)c3F)C(=O)[C@@]12Cl. The lowest BCUT2D eigenvalue weighted by molar-refractivity contribution is -0.392. The van der Waals surface area contributed by atoms with Crippen molar-refractivity contribution in [3.8, 4) is 17.2 Å². The highest BCUT2D eigenvalue weighted by atomic mass is 35.5. The number of hydrogen-bond acceptors (Lipinski definition) is 12. The van der Waals surface area contributed by atoms with Gasteiger partial charge in [-0.15, -0.1) is 23.2 Å². The molecule has 2 heterocycles. The van der Waals surface area contributed by atoms with Crippen LogP contribution >= 0.6 is 23.2 Å². The van der Waals surface area contributed by atoms with Gasteiger partial charge in [-0.05, 0) is 18.8 Å². The number of methoxy groups -OCH3 is 2. The molecule has 23 heteroatoms. The van der Waals surface area contributed by atoms with Gasteiger partial charge >= 0.3 is 11.4 Å². The first kappa shape index (κ1) is 41.1. The zero-order chi connectivity index (χ0) is 43.5. The number of phenols is 1. The highest BCUT2D eigenvalue weighted by Crippen LogP contribution is 2.68. The molecule has 59 heavy (non-hydrogen) atoms. The number of imide groups is 2. The Morgan fingerprint density at radius 3 is 1.78 bits per heavy atom. The van der Waals surface area contributed by atoms with Gasteiger partial charge in [-0.3, -0.25) is 39.4 Å². The molecule has 7 rings (SSSR count). The van der Waals surface area contributed by atoms with Crippen molar-refractivity contribution in [1.29, 1.82) is 0 Å². The Labute approximate surface area is 337 Å². The molecule has 3 aromatic carbocycles. The molecule has 0 bridgehead atoms. The van der Waals surface area contributed by atoms with E-state index in [-0.39, 0.29) is 34.0 Å². The van der Waals surface area contributed by atoms with Crippen molar-refractivity contribution >= 4 is 75.3 Å². The second-order valence-electron chi connectivity index (χ2n) is 14.2. The van der Waals surface area contributed by atoms with Gasteiger partial charge in [-0.2, -0.15) is 0 Å². The van der Waals surface area contributed by atoms with Crippen LogP contribution in [0.5, 0.6) is 17.2 Å². The van der Waals surface area contributed by atoms with Crippen molar-refractivity contribution in [3.05, 3.63) is 90.8 Å². The van der Waals surface area contributed by atoms with Gasteiger partial charge in [0.05, 0.1) is 41.6 Å². The fourth-order valence-electron chi connectivity index (χ4n) is 8.80. The number of amides is 4. The zero-order valence-corrected chi connectivity index (χ0v) is 32.0. The number of phenolic OH excluding ortho intramolecular Hbond substituents is 1. The highest BCUT2D eigenvalue weighted by molar-refractivity contribution is 6.58. The van der Waals surface area contributed by atoms with Crippen LogP contribution in [0.2, 0.25) is 0 Å². The molecule has 16 nitrogen and oxygen atoms in total. The molecule has 2 aliphatic heterocycles. The zero-order valence-electron chi connectivity index (χ0n) is 30.5. The van der Waals surface area contributed by atoms with Crippen LogP contribution < -0.4 is 24.2 Å². The molecular formula is C36H26Cl2F5N5O11. The van der Waals surface area contributed by atoms with E-state index in [1.165, 1.54) is 20.2 Å². The summed E-state index contributed by atoms with van der Waals surface area (Å²) in [6.07, 6.45) is 0.104. The molecule has 0 radical (unpaired) electrons. The Hall–Kier alpha value is -6.09. The quantitative estimate of drug-likeness (QED) is 0.0420. The molecule has 4 amide bonds. The maximum atomic E-state index is 15.4. The third-order valence-electron chi connectivity index (χ3n) is 11.2. The van der Waals surface area contributed by atoms with Crippen molar-refractivity contribution in [2.24, 2.45) is 17.8 Å². The van der Waals surface area contributed by atoms with E-state index < -0.39 is 137 Å². The Morgan fingerprint density at radius 1 is 0.797 bits per heavy atom. The Balaban J connectivity index is 1.47. The summed E-state index contributed by atoms with van der Waals surface area (Å²) in [4.78, 5) is 75.6. The van der Waals surface area contributed by atoms with Crippen molar-refractivity contribution in [2.75, 3.05) is 43.0 Å². The van der Waals surface area contributed by atoms with Gasteiger partial charge in [-0.1, -0.05) is 11.6 Å². The van der Waals surface area contributed by atoms with E-state index in [2.05, 4.69) is 0 Å². The van der Waals surface area contributed by atoms with Crippen LogP contribution in [0, 0.1) is 67.1 Å². The summed E-state index contributed by atoms with van der Waals surface area (Å²) in [6, 6.07) is 3.62. The predicted octanol–water partition coefficient (Wildman–Crippen LogP) is 5.76. The third-order valence-corrected chi connectivity index (χ3v) is 12.6. The van der Waals surface area contributed by atoms with Crippen LogP contribution in [0.1, 0.15) is 24.3 Å². The average molecular weight is 871 g/mol. The third kappa shape index (κ3) is 5.39. The minimum atomic E-state index is -2.98. The first-order valence-electron chi connectivity index (χ1n) is 17.1. The summed E-state index contributed by atoms with van der Waals surface area (Å²) in [5.41, 5.74) is -4.98. The van der Waals surface area contributed by atoms with Crippen LogP contribution in [0.3, 0.4) is 0 Å². The summed E-state index contributed by atoms with van der Waals surface area (Å²) < 4.78 is 85.2. The first-order valence-corrected chi connectivity index (χ1v) is 17.8. The molecule has 3 aromatic rings. The van der Waals surface area contributed by atoms with Crippen molar-refractivity contribution < 1.29 is 65.6 Å². The van der Waals surface area contributed by atoms with Crippen LogP contribution in [0.25, 0.3) is 0 Å². The summed E-state index contributed by atoms with van der Waals surface area (Å²) in [7, 11) is 4.80. The fourth-order valence-corrected chi connectivity index (χ4v) is 9.72. The van der Waals surface area contributed by atoms with Gasteiger partial charge in [0.2, 0.25) is 17.6 Å². The standard InChI is InChI=1S/C36H26Cl2F5N5O11/c1-44(2)29-17(47(54)55)7-12(8-18(29)48(56)57)45-31(50)15-6-5-14-16(21(15)32(45)51)11-35(37)33(52)46(30-27(42)25(40)24(39)26(41)28(30)43)34(53)36(35,38)23(14)22-19(58-3)9-13(49)10-20(22)59-4/h5,7-10,15-16,21,23,49H,6,11H2,1-4H3/t15-,16+,21-,23+,35+,36-/m0/s1. The number of rotatable bonds is 8. The number of anilines is 3. The number of carbonyl (C=O) groups excluding carboxylic acids is 4. The van der Waals surface area contributed by atoms with E-state index in [1.807, 2.05) is 0 Å². The van der Waals surface area contributed by atoms with Crippen molar-refractivity contribution in [2.45, 2.75) is 28.5 Å². The number of allylic oxidation sites excluding steroid dienone is 2. The maximum Gasteiger partial charge on any atom is 0.301 e. The largest absolute Gasteiger partial charge is 0.508 e. The summed E-state index contributed by atoms with van der Waals surface area (Å²) in [5, 5.41) is 34.8. The number of carbonyl (C=O) groups is 4. The van der Waals surface area contributed by atoms with E-state index >= 15 is 8.78 Å². The van der Waals surface area contributed by atoms with Gasteiger partial charge < -0.3 is 19.5 Å². The van der Waals surface area contributed by atoms with E-state index in [0.717, 1.165) is 43.4 Å². The molecule has 0 unspecified atom stereocenters. The van der Waals surface area contributed by atoms with E-state index in [4.69, 9.17) is 32.7 Å². The molecule has 0 spiro atoms. The maximum absolute atomic E-state index is 15.4. The smallest absolute Gasteiger partial charge is 0.301 e. The summed E-state index contributed by atoms with van der Waals surface area (Å²) in [6.45, 7) is 0. The molecule has 3 fully saturated rings. The molecule has 0 aromatic heterocycles. The van der Waals surface area contributed by atoms with Gasteiger partial charge in [0.1, 0.15) is 22.9 Å². The number of benzene rings is 3. The fraction of sp³-hybridized carbons (Fsp3) is 0.333. The number of hydrogen-bond donors (Lipinski definition) is 1. The van der Waals surface area contributed by atoms with Gasteiger partial charge in [-0.25, -0.2) is 31.8 Å². The number of halogens is 7. The van der Waals surface area contributed by atoms with E-state index in [9.17, 15) is 57.7 Å². The minimum absolute atomic E-state index is 0.0249. The predicted molar refractivity (Wildman–Crippen MR) is 194 cm³/mol. The van der Waals surface area contributed by atoms with E-state index in [1.54, 1.807) is 0 Å². The normalized spacial score (nSPS) is 26.1. The number of alkyl halides is 2. The monoisotopic (exact) mass is 869 g/mol. The number of aromatic hydroxyl groups is 1. The molecule has 2 aliphatic carbocycles. The molecule has 1 N–H and O–H groups in total. The van der Waals surface area contributed by atoms with Crippen molar-refractivity contribution in [1.82, 2.24) is 0 Å². The van der Waals surface area contributed by atoms with Crippen LogP contribution in [-0.4, -0.2) is 76.6 Å². The van der Waals surface area contributed by atoms with Crippen LogP contribution in [0.4, 0.5) is 50.4 Å². The Bertz CT molecular complexity index is 2440. The summed E-state index contributed by atoms with van der Waals surface area (Å²) >= 11 is 14.4. The van der Waals surface area contributed by atoms with E-state index in [0.29, 0.717) is 4.90 Å². The second-order valence-corrected chi connectivity index (χ2v) is 15.5. The summed E-state index contributed by atoms with van der Waals surface area (Å²) in [5.74, 6) is -25.8. The topological polar surface area (TPSA) is 203 Å². The number of nitro groups is 2. The second kappa shape index (κ2) is 13.8.